The second kappa shape index (κ2) is 5.92. The summed E-state index contributed by atoms with van der Waals surface area (Å²) in [4.78, 5) is 12.4. The summed E-state index contributed by atoms with van der Waals surface area (Å²) in [5.74, 6) is -0.245. The summed E-state index contributed by atoms with van der Waals surface area (Å²) in [6, 6.07) is 1.59. The van der Waals surface area contributed by atoms with Crippen LogP contribution in [0.1, 0.15) is 36.9 Å². The first kappa shape index (κ1) is 16.0. The maximum absolute atomic E-state index is 12.0. The lowest BCUT2D eigenvalue weighted by atomic mass is 9.92. The fraction of sp³-hybridized carbons (Fsp3) is 0.583. The molecule has 0 saturated heterocycles. The molecule has 0 aliphatic rings. The molecule has 1 amide bonds. The molecule has 0 aromatic carbocycles. The van der Waals surface area contributed by atoms with E-state index in [0.29, 0.717) is 17.1 Å². The van der Waals surface area contributed by atoms with Crippen molar-refractivity contribution >= 4 is 33.0 Å². The minimum atomic E-state index is -3.37. The van der Waals surface area contributed by atoms with Crippen LogP contribution in [0, 0.1) is 5.41 Å². The van der Waals surface area contributed by atoms with Crippen LogP contribution in [0.15, 0.2) is 11.4 Å². The van der Waals surface area contributed by atoms with Gasteiger partial charge in [-0.2, -0.15) is 0 Å². The van der Waals surface area contributed by atoms with Gasteiger partial charge in [0.2, 0.25) is 10.0 Å². The molecule has 108 valence electrons. The Morgan fingerprint density at radius 3 is 2.53 bits per heavy atom. The number of carbonyl (C=O) groups excluding carboxylic acids is 1. The molecule has 0 spiro atoms. The maximum atomic E-state index is 12.0. The highest BCUT2D eigenvalue weighted by Gasteiger charge is 2.16. The number of thiophene rings is 1. The molecule has 1 heterocycles. The summed E-state index contributed by atoms with van der Waals surface area (Å²) < 4.78 is 24.7. The molecule has 0 bridgehead atoms. The third-order valence-electron chi connectivity index (χ3n) is 2.33. The third kappa shape index (κ3) is 6.07. The van der Waals surface area contributed by atoms with Gasteiger partial charge < -0.3 is 5.32 Å². The van der Waals surface area contributed by atoms with E-state index in [1.54, 1.807) is 11.4 Å². The second-order valence-electron chi connectivity index (χ2n) is 5.60. The number of hydrogen-bond acceptors (Lipinski definition) is 4. The van der Waals surface area contributed by atoms with Gasteiger partial charge in [0.25, 0.3) is 5.91 Å². The lowest BCUT2D eigenvalue weighted by molar-refractivity contribution is 0.0954. The van der Waals surface area contributed by atoms with E-state index in [9.17, 15) is 13.2 Å². The molecule has 0 radical (unpaired) electrons. The van der Waals surface area contributed by atoms with E-state index in [1.165, 1.54) is 11.3 Å². The Kier molecular flexibility index (Phi) is 4.98. The zero-order valence-corrected chi connectivity index (χ0v) is 13.2. The monoisotopic (exact) mass is 304 g/mol. The van der Waals surface area contributed by atoms with Crippen molar-refractivity contribution in [2.45, 2.75) is 27.2 Å². The molecule has 1 aromatic heterocycles. The minimum absolute atomic E-state index is 0.149. The van der Waals surface area contributed by atoms with Gasteiger partial charge in [-0.15, -0.1) is 11.3 Å². The van der Waals surface area contributed by atoms with Crippen LogP contribution in [0.4, 0.5) is 5.69 Å². The zero-order chi connectivity index (χ0) is 14.7. The molecule has 7 heteroatoms. The van der Waals surface area contributed by atoms with Gasteiger partial charge in [0.15, 0.2) is 0 Å². The van der Waals surface area contributed by atoms with E-state index >= 15 is 0 Å². The molecule has 0 saturated carbocycles. The first-order valence-electron chi connectivity index (χ1n) is 5.92. The Balaban J connectivity index is 2.66. The van der Waals surface area contributed by atoms with Gasteiger partial charge in [0.1, 0.15) is 4.88 Å². The number of hydrogen-bond donors (Lipinski definition) is 2. The molecule has 0 aliphatic carbocycles. The second-order valence-corrected chi connectivity index (χ2v) is 8.27. The highest BCUT2D eigenvalue weighted by Crippen LogP contribution is 2.23. The van der Waals surface area contributed by atoms with Crippen LogP contribution >= 0.6 is 11.3 Å². The van der Waals surface area contributed by atoms with Crippen LogP contribution < -0.4 is 10.0 Å². The van der Waals surface area contributed by atoms with Gasteiger partial charge >= 0.3 is 0 Å². The van der Waals surface area contributed by atoms with E-state index in [2.05, 4.69) is 30.8 Å². The van der Waals surface area contributed by atoms with Gasteiger partial charge in [-0.05, 0) is 23.3 Å². The van der Waals surface area contributed by atoms with E-state index in [4.69, 9.17) is 0 Å². The Labute approximate surface area is 118 Å². The molecule has 1 aromatic rings. The largest absolute Gasteiger partial charge is 0.351 e. The Hall–Kier alpha value is -1.08. The smallest absolute Gasteiger partial charge is 0.263 e. The summed E-state index contributed by atoms with van der Waals surface area (Å²) in [6.07, 6.45) is 1.92. The molecule has 1 rings (SSSR count). The van der Waals surface area contributed by atoms with Gasteiger partial charge in [0.05, 0.1) is 11.9 Å². The molecular formula is C12H20N2O3S2. The van der Waals surface area contributed by atoms with Crippen molar-refractivity contribution in [1.29, 1.82) is 0 Å². The first-order chi connectivity index (χ1) is 8.58. The lowest BCUT2D eigenvalue weighted by Crippen LogP contribution is -2.27. The molecule has 0 atom stereocenters. The molecule has 0 fully saturated rings. The molecule has 5 nitrogen and oxygen atoms in total. The Bertz CT molecular complexity index is 542. The number of sulfonamides is 1. The standard InChI is InChI=1S/C12H20N2O3S2/c1-12(2,3)6-7-13-11(15)10-9(5-8-18-10)14-19(4,16)17/h5,8,14H,6-7H2,1-4H3,(H,13,15). The van der Waals surface area contributed by atoms with Crippen molar-refractivity contribution in [2.75, 3.05) is 17.5 Å². The quantitative estimate of drug-likeness (QED) is 0.876. The van der Waals surface area contributed by atoms with Crippen molar-refractivity contribution in [2.24, 2.45) is 5.41 Å². The highest BCUT2D eigenvalue weighted by atomic mass is 32.2. The van der Waals surface area contributed by atoms with Crippen LogP contribution in [0.5, 0.6) is 0 Å². The predicted molar refractivity (Wildman–Crippen MR) is 79.2 cm³/mol. The summed E-state index contributed by atoms with van der Waals surface area (Å²) in [5.41, 5.74) is 0.483. The van der Waals surface area contributed by atoms with Gasteiger partial charge in [-0.25, -0.2) is 8.42 Å². The van der Waals surface area contributed by atoms with E-state index in [0.717, 1.165) is 12.7 Å². The number of rotatable bonds is 5. The normalized spacial score (nSPS) is 12.2. The van der Waals surface area contributed by atoms with Crippen molar-refractivity contribution in [3.63, 3.8) is 0 Å². The van der Waals surface area contributed by atoms with Crippen LogP contribution in [-0.2, 0) is 10.0 Å². The van der Waals surface area contributed by atoms with E-state index in [1.807, 2.05) is 0 Å². The maximum Gasteiger partial charge on any atom is 0.263 e. The third-order valence-corrected chi connectivity index (χ3v) is 3.83. The highest BCUT2D eigenvalue weighted by molar-refractivity contribution is 7.92. The average Bonchev–Trinajstić information content (AvgIpc) is 2.60. The van der Waals surface area contributed by atoms with Gasteiger partial charge in [-0.3, -0.25) is 9.52 Å². The number of carbonyl (C=O) groups is 1. The van der Waals surface area contributed by atoms with E-state index in [-0.39, 0.29) is 11.3 Å². The molecule has 0 aliphatic heterocycles. The van der Waals surface area contributed by atoms with Crippen LogP contribution in [-0.4, -0.2) is 27.1 Å². The number of nitrogens with one attached hydrogen (secondary N) is 2. The van der Waals surface area contributed by atoms with Gasteiger partial charge in [-0.1, -0.05) is 20.8 Å². The summed E-state index contributed by atoms with van der Waals surface area (Å²) in [5, 5.41) is 4.49. The van der Waals surface area contributed by atoms with E-state index < -0.39 is 10.0 Å². The summed E-state index contributed by atoms with van der Waals surface area (Å²) >= 11 is 1.22. The topological polar surface area (TPSA) is 75.3 Å². The Morgan fingerprint density at radius 1 is 1.37 bits per heavy atom. The fourth-order valence-corrected chi connectivity index (χ4v) is 2.80. The van der Waals surface area contributed by atoms with Crippen LogP contribution in [0.2, 0.25) is 0 Å². The molecular weight excluding hydrogens is 284 g/mol. The van der Waals surface area contributed by atoms with Gasteiger partial charge in [0, 0.05) is 6.54 Å². The average molecular weight is 304 g/mol. The van der Waals surface area contributed by atoms with Crippen molar-refractivity contribution in [3.05, 3.63) is 16.3 Å². The SMILES string of the molecule is CC(C)(C)CCNC(=O)c1sccc1NS(C)(=O)=O. The first-order valence-corrected chi connectivity index (χ1v) is 8.69. The summed E-state index contributed by atoms with van der Waals surface area (Å²) in [6.45, 7) is 6.86. The molecule has 19 heavy (non-hydrogen) atoms. The molecule has 2 N–H and O–H groups in total. The Morgan fingerprint density at radius 2 is 2.00 bits per heavy atom. The van der Waals surface area contributed by atoms with Crippen molar-refractivity contribution in [3.8, 4) is 0 Å². The van der Waals surface area contributed by atoms with Crippen molar-refractivity contribution < 1.29 is 13.2 Å². The van der Waals surface area contributed by atoms with Crippen LogP contribution in [0.3, 0.4) is 0 Å². The minimum Gasteiger partial charge on any atom is -0.351 e. The fourth-order valence-electron chi connectivity index (χ4n) is 1.40. The zero-order valence-electron chi connectivity index (χ0n) is 11.6. The predicted octanol–water partition coefficient (Wildman–Crippen LogP) is 2.29. The summed E-state index contributed by atoms with van der Waals surface area (Å²) in [7, 11) is -3.37. The number of amides is 1. The van der Waals surface area contributed by atoms with Crippen LogP contribution in [0.25, 0.3) is 0 Å². The number of anilines is 1. The lowest BCUT2D eigenvalue weighted by Gasteiger charge is -2.18. The van der Waals surface area contributed by atoms with Crippen molar-refractivity contribution in [1.82, 2.24) is 5.32 Å². The molecule has 0 unspecified atom stereocenters.